The largest absolute Gasteiger partial charge is 0.493 e. The van der Waals surface area contributed by atoms with Crippen LogP contribution in [0.4, 0.5) is 0 Å². The summed E-state index contributed by atoms with van der Waals surface area (Å²) in [6.45, 7) is 8.23. The molecule has 1 unspecified atom stereocenters. The van der Waals surface area contributed by atoms with Crippen LogP contribution in [0.5, 0.6) is 11.5 Å². The minimum Gasteiger partial charge on any atom is -0.493 e. The van der Waals surface area contributed by atoms with Gasteiger partial charge in [0.15, 0.2) is 11.5 Å². The lowest BCUT2D eigenvalue weighted by Gasteiger charge is -2.35. The predicted octanol–water partition coefficient (Wildman–Crippen LogP) is 2.68. The van der Waals surface area contributed by atoms with Crippen LogP contribution in [0.3, 0.4) is 0 Å². The highest BCUT2D eigenvalue weighted by atomic mass is 16.5. The number of nitrogens with two attached hydrogens (primary N) is 1. The molecule has 0 spiro atoms. The van der Waals surface area contributed by atoms with Gasteiger partial charge in [-0.15, -0.1) is 0 Å². The summed E-state index contributed by atoms with van der Waals surface area (Å²) in [6.07, 6.45) is 1.75. The van der Waals surface area contributed by atoms with Crippen LogP contribution in [-0.4, -0.2) is 43.2 Å². The van der Waals surface area contributed by atoms with Gasteiger partial charge in [0.05, 0.1) is 19.3 Å². The normalized spacial score (nSPS) is 19.7. The Morgan fingerprint density at radius 2 is 2.17 bits per heavy atom. The second-order valence-electron chi connectivity index (χ2n) is 6.63. The molecule has 23 heavy (non-hydrogen) atoms. The van der Waals surface area contributed by atoms with E-state index in [9.17, 15) is 4.79 Å². The number of rotatable bonds is 6. The highest BCUT2D eigenvalue weighted by Gasteiger charge is 2.42. The first kappa shape index (κ1) is 17.6. The molecule has 128 valence electrons. The molecule has 1 aromatic rings. The molecule has 1 aliphatic heterocycles. The van der Waals surface area contributed by atoms with Gasteiger partial charge >= 0.3 is 0 Å². The van der Waals surface area contributed by atoms with Crippen molar-refractivity contribution in [2.75, 3.05) is 26.8 Å². The SMILES string of the molecule is COc1cccc(C(=O)N2CCC(C)C2(C)C)c1OCCCN. The molecular formula is C18H28N2O3. The molecule has 0 aromatic heterocycles. The number of ether oxygens (including phenoxy) is 2. The van der Waals surface area contributed by atoms with Crippen LogP contribution in [0.25, 0.3) is 0 Å². The van der Waals surface area contributed by atoms with Crippen LogP contribution in [0.15, 0.2) is 18.2 Å². The molecule has 1 aliphatic rings. The van der Waals surface area contributed by atoms with Gasteiger partial charge in [0, 0.05) is 12.1 Å². The Morgan fingerprint density at radius 3 is 2.74 bits per heavy atom. The maximum Gasteiger partial charge on any atom is 0.258 e. The third kappa shape index (κ3) is 3.44. The van der Waals surface area contributed by atoms with Gasteiger partial charge in [0.2, 0.25) is 0 Å². The molecule has 0 bridgehead atoms. The number of carbonyl (C=O) groups is 1. The number of amides is 1. The van der Waals surface area contributed by atoms with Gasteiger partial charge in [-0.25, -0.2) is 0 Å². The van der Waals surface area contributed by atoms with E-state index in [0.29, 0.717) is 36.1 Å². The second-order valence-corrected chi connectivity index (χ2v) is 6.63. The van der Waals surface area contributed by atoms with Gasteiger partial charge in [0.1, 0.15) is 0 Å². The minimum atomic E-state index is -0.158. The van der Waals surface area contributed by atoms with Crippen molar-refractivity contribution in [2.45, 2.75) is 39.2 Å². The zero-order valence-corrected chi connectivity index (χ0v) is 14.6. The Morgan fingerprint density at radius 1 is 1.43 bits per heavy atom. The summed E-state index contributed by atoms with van der Waals surface area (Å²) in [6, 6.07) is 5.45. The van der Waals surface area contributed by atoms with Crippen LogP contribution in [0, 0.1) is 5.92 Å². The first-order chi connectivity index (χ1) is 10.9. The molecule has 1 amide bonds. The Hall–Kier alpha value is -1.75. The third-order valence-electron chi connectivity index (χ3n) is 4.96. The summed E-state index contributed by atoms with van der Waals surface area (Å²) < 4.78 is 11.2. The Kier molecular flexibility index (Phi) is 5.52. The lowest BCUT2D eigenvalue weighted by Crippen LogP contribution is -2.45. The number of hydrogen-bond donors (Lipinski definition) is 1. The highest BCUT2D eigenvalue weighted by molar-refractivity contribution is 5.98. The van der Waals surface area contributed by atoms with Crippen LogP contribution in [0.1, 0.15) is 44.0 Å². The van der Waals surface area contributed by atoms with Crippen molar-refractivity contribution in [1.82, 2.24) is 4.90 Å². The third-order valence-corrected chi connectivity index (χ3v) is 4.96. The van der Waals surface area contributed by atoms with E-state index < -0.39 is 0 Å². The summed E-state index contributed by atoms with van der Waals surface area (Å²) in [5.41, 5.74) is 5.93. The van der Waals surface area contributed by atoms with E-state index in [1.807, 2.05) is 23.1 Å². The summed E-state index contributed by atoms with van der Waals surface area (Å²) in [7, 11) is 1.58. The standard InChI is InChI=1S/C18H28N2O3/c1-13-9-11-20(18(13,2)3)17(21)14-7-5-8-15(22-4)16(14)23-12-6-10-19/h5,7-8,13H,6,9-12,19H2,1-4H3. The number of likely N-dealkylation sites (tertiary alicyclic amines) is 1. The van der Waals surface area contributed by atoms with E-state index in [2.05, 4.69) is 20.8 Å². The lowest BCUT2D eigenvalue weighted by atomic mass is 9.90. The Bertz CT molecular complexity index is 557. The number of hydrogen-bond acceptors (Lipinski definition) is 4. The lowest BCUT2D eigenvalue weighted by molar-refractivity contribution is 0.0606. The van der Waals surface area contributed by atoms with Crippen molar-refractivity contribution in [3.8, 4) is 11.5 Å². The highest BCUT2D eigenvalue weighted by Crippen LogP contribution is 2.38. The molecule has 1 aromatic carbocycles. The van der Waals surface area contributed by atoms with Crippen molar-refractivity contribution >= 4 is 5.91 Å². The minimum absolute atomic E-state index is 0.000925. The van der Waals surface area contributed by atoms with Crippen molar-refractivity contribution < 1.29 is 14.3 Å². The summed E-state index contributed by atoms with van der Waals surface area (Å²) >= 11 is 0. The first-order valence-electron chi connectivity index (χ1n) is 8.25. The van der Waals surface area contributed by atoms with Crippen LogP contribution in [-0.2, 0) is 0 Å². The van der Waals surface area contributed by atoms with Gasteiger partial charge in [-0.3, -0.25) is 4.79 Å². The van der Waals surface area contributed by atoms with E-state index >= 15 is 0 Å². The topological polar surface area (TPSA) is 64.8 Å². The van der Waals surface area contributed by atoms with Crippen LogP contribution in [0.2, 0.25) is 0 Å². The van der Waals surface area contributed by atoms with Gasteiger partial charge in [0.25, 0.3) is 5.91 Å². The Balaban J connectivity index is 2.32. The van der Waals surface area contributed by atoms with Gasteiger partial charge in [-0.05, 0) is 51.3 Å². The quantitative estimate of drug-likeness (QED) is 0.819. The van der Waals surface area contributed by atoms with Crippen LogP contribution < -0.4 is 15.2 Å². The van der Waals surface area contributed by atoms with E-state index in [1.54, 1.807) is 7.11 Å². The molecule has 0 radical (unpaired) electrons. The smallest absolute Gasteiger partial charge is 0.258 e. The van der Waals surface area contributed by atoms with E-state index in [0.717, 1.165) is 19.4 Å². The number of carbonyl (C=O) groups excluding carboxylic acids is 1. The summed E-state index contributed by atoms with van der Waals surface area (Å²) in [5, 5.41) is 0. The first-order valence-corrected chi connectivity index (χ1v) is 8.25. The van der Waals surface area contributed by atoms with Crippen molar-refractivity contribution in [3.63, 3.8) is 0 Å². The van der Waals surface area contributed by atoms with Crippen molar-refractivity contribution in [2.24, 2.45) is 11.7 Å². The fourth-order valence-electron chi connectivity index (χ4n) is 2.99. The maximum absolute atomic E-state index is 13.1. The van der Waals surface area contributed by atoms with E-state index in [-0.39, 0.29) is 11.4 Å². The fraction of sp³-hybridized carbons (Fsp3) is 0.611. The molecule has 2 rings (SSSR count). The summed E-state index contributed by atoms with van der Waals surface area (Å²) in [4.78, 5) is 15.0. The zero-order valence-electron chi connectivity index (χ0n) is 14.6. The average molecular weight is 320 g/mol. The molecule has 5 heteroatoms. The summed E-state index contributed by atoms with van der Waals surface area (Å²) in [5.74, 6) is 1.57. The molecule has 1 fully saturated rings. The molecule has 1 saturated heterocycles. The molecule has 0 saturated carbocycles. The Labute approximate surface area is 138 Å². The van der Waals surface area contributed by atoms with Crippen molar-refractivity contribution in [1.29, 1.82) is 0 Å². The molecule has 0 aliphatic carbocycles. The predicted molar refractivity (Wildman–Crippen MR) is 91.1 cm³/mol. The molecule has 5 nitrogen and oxygen atoms in total. The fourth-order valence-corrected chi connectivity index (χ4v) is 2.99. The average Bonchev–Trinajstić information content (AvgIpc) is 2.80. The molecular weight excluding hydrogens is 292 g/mol. The number of para-hydroxylation sites is 1. The zero-order chi connectivity index (χ0) is 17.0. The molecule has 1 heterocycles. The molecule has 2 N–H and O–H groups in total. The van der Waals surface area contributed by atoms with E-state index in [1.165, 1.54) is 0 Å². The maximum atomic E-state index is 13.1. The second kappa shape index (κ2) is 7.21. The molecule has 1 atom stereocenters. The van der Waals surface area contributed by atoms with Crippen molar-refractivity contribution in [3.05, 3.63) is 23.8 Å². The number of benzene rings is 1. The van der Waals surface area contributed by atoms with E-state index in [4.69, 9.17) is 15.2 Å². The van der Waals surface area contributed by atoms with Gasteiger partial charge < -0.3 is 20.1 Å². The number of methoxy groups -OCH3 is 1. The number of nitrogens with zero attached hydrogens (tertiary/aromatic N) is 1. The monoisotopic (exact) mass is 320 g/mol. The van der Waals surface area contributed by atoms with Gasteiger partial charge in [-0.1, -0.05) is 13.0 Å². The van der Waals surface area contributed by atoms with Crippen LogP contribution >= 0.6 is 0 Å². The van der Waals surface area contributed by atoms with Gasteiger partial charge in [-0.2, -0.15) is 0 Å².